The van der Waals surface area contributed by atoms with Gasteiger partial charge in [-0.05, 0) is 24.6 Å². The standard InChI is InChI=1S/C15H20Cl2N2O2S/c16-11-2-3-14(13(17)8-11)21-6-1-4-19-15(20)9-12-10-22-7-5-18-12/h2-3,8,12,18H,1,4-7,9-10H2,(H,19,20). The van der Waals surface area contributed by atoms with Crippen molar-refractivity contribution in [2.75, 3.05) is 31.2 Å². The molecule has 1 aliphatic heterocycles. The van der Waals surface area contributed by atoms with Crippen LogP contribution in [0.25, 0.3) is 0 Å². The zero-order valence-electron chi connectivity index (χ0n) is 12.2. The maximum absolute atomic E-state index is 11.8. The van der Waals surface area contributed by atoms with Crippen LogP contribution < -0.4 is 15.4 Å². The third-order valence-corrected chi connectivity index (χ3v) is 4.89. The van der Waals surface area contributed by atoms with Crippen LogP contribution in [0.5, 0.6) is 5.75 Å². The van der Waals surface area contributed by atoms with Gasteiger partial charge in [0.25, 0.3) is 0 Å². The molecule has 2 N–H and O–H groups in total. The summed E-state index contributed by atoms with van der Waals surface area (Å²) in [5, 5.41) is 7.35. The molecule has 1 amide bonds. The van der Waals surface area contributed by atoms with E-state index in [4.69, 9.17) is 27.9 Å². The van der Waals surface area contributed by atoms with Crippen LogP contribution in [0.3, 0.4) is 0 Å². The number of benzene rings is 1. The molecule has 7 heteroatoms. The second-order valence-corrected chi connectivity index (χ2v) is 7.05. The molecule has 1 saturated heterocycles. The fourth-order valence-corrected chi connectivity index (χ4v) is 3.53. The Bertz CT molecular complexity index is 496. The summed E-state index contributed by atoms with van der Waals surface area (Å²) in [5.41, 5.74) is 0. The van der Waals surface area contributed by atoms with Gasteiger partial charge in [0, 0.05) is 42.1 Å². The molecule has 1 aromatic rings. The van der Waals surface area contributed by atoms with Gasteiger partial charge in [0.2, 0.25) is 5.91 Å². The first-order valence-electron chi connectivity index (χ1n) is 7.31. The number of halogens is 2. The van der Waals surface area contributed by atoms with Gasteiger partial charge in [0.05, 0.1) is 11.6 Å². The summed E-state index contributed by atoms with van der Waals surface area (Å²) in [6, 6.07) is 5.42. The number of ether oxygens (including phenoxy) is 1. The molecular weight excluding hydrogens is 343 g/mol. The first-order valence-corrected chi connectivity index (χ1v) is 9.22. The van der Waals surface area contributed by atoms with E-state index in [1.54, 1.807) is 18.2 Å². The Balaban J connectivity index is 1.57. The van der Waals surface area contributed by atoms with Crippen molar-refractivity contribution in [2.45, 2.75) is 18.9 Å². The highest BCUT2D eigenvalue weighted by atomic mass is 35.5. The molecule has 1 aliphatic rings. The fourth-order valence-electron chi connectivity index (χ4n) is 2.12. The topological polar surface area (TPSA) is 50.4 Å². The van der Waals surface area contributed by atoms with Gasteiger partial charge in [0.1, 0.15) is 5.75 Å². The summed E-state index contributed by atoms with van der Waals surface area (Å²) < 4.78 is 5.57. The first-order chi connectivity index (χ1) is 10.6. The Morgan fingerprint density at radius 3 is 3.05 bits per heavy atom. The monoisotopic (exact) mass is 362 g/mol. The van der Waals surface area contributed by atoms with Crippen LogP contribution >= 0.6 is 35.0 Å². The van der Waals surface area contributed by atoms with Crippen molar-refractivity contribution < 1.29 is 9.53 Å². The molecule has 0 bridgehead atoms. The predicted octanol–water partition coefficient (Wildman–Crippen LogP) is 2.97. The van der Waals surface area contributed by atoms with Crippen LogP contribution in [0, 0.1) is 0 Å². The number of carbonyl (C=O) groups is 1. The molecule has 1 atom stereocenters. The summed E-state index contributed by atoms with van der Waals surface area (Å²) in [5.74, 6) is 2.83. The maximum atomic E-state index is 11.8. The van der Waals surface area contributed by atoms with E-state index >= 15 is 0 Å². The molecule has 2 rings (SSSR count). The molecule has 0 radical (unpaired) electrons. The SMILES string of the molecule is O=C(CC1CSCCN1)NCCCOc1ccc(Cl)cc1Cl. The van der Waals surface area contributed by atoms with Crippen LogP contribution in [0.15, 0.2) is 18.2 Å². The minimum Gasteiger partial charge on any atom is -0.492 e. The Hall–Kier alpha value is -0.620. The van der Waals surface area contributed by atoms with Gasteiger partial charge >= 0.3 is 0 Å². The first kappa shape index (κ1) is 17.7. The summed E-state index contributed by atoms with van der Waals surface area (Å²) in [4.78, 5) is 11.8. The quantitative estimate of drug-likeness (QED) is 0.732. The summed E-state index contributed by atoms with van der Waals surface area (Å²) in [6.45, 7) is 2.08. The van der Waals surface area contributed by atoms with Gasteiger partial charge in [-0.1, -0.05) is 23.2 Å². The van der Waals surface area contributed by atoms with E-state index in [1.165, 1.54) is 0 Å². The van der Waals surface area contributed by atoms with Gasteiger partial charge in [-0.3, -0.25) is 4.79 Å². The number of hydrogen-bond donors (Lipinski definition) is 2. The van der Waals surface area contributed by atoms with Crippen LogP contribution in [-0.4, -0.2) is 43.2 Å². The van der Waals surface area contributed by atoms with Crippen molar-refractivity contribution in [2.24, 2.45) is 0 Å². The second kappa shape index (κ2) is 9.50. The maximum Gasteiger partial charge on any atom is 0.221 e. The third-order valence-electron chi connectivity index (χ3n) is 3.23. The van der Waals surface area contributed by atoms with Crippen molar-refractivity contribution >= 4 is 40.9 Å². The highest BCUT2D eigenvalue weighted by Gasteiger charge is 2.16. The lowest BCUT2D eigenvalue weighted by Crippen LogP contribution is -2.41. The van der Waals surface area contributed by atoms with Crippen LogP contribution in [0.1, 0.15) is 12.8 Å². The van der Waals surface area contributed by atoms with Crippen LogP contribution in [0.2, 0.25) is 10.0 Å². The molecule has 4 nitrogen and oxygen atoms in total. The molecule has 1 fully saturated rings. The molecule has 22 heavy (non-hydrogen) atoms. The van der Waals surface area contributed by atoms with E-state index in [0.29, 0.717) is 41.4 Å². The number of rotatable bonds is 7. The van der Waals surface area contributed by atoms with Gasteiger partial charge in [-0.15, -0.1) is 0 Å². The van der Waals surface area contributed by atoms with Crippen molar-refractivity contribution in [1.29, 1.82) is 0 Å². The van der Waals surface area contributed by atoms with Crippen molar-refractivity contribution in [3.63, 3.8) is 0 Å². The number of thioether (sulfide) groups is 1. The van der Waals surface area contributed by atoms with Gasteiger partial charge < -0.3 is 15.4 Å². The zero-order chi connectivity index (χ0) is 15.8. The molecule has 122 valence electrons. The number of hydrogen-bond acceptors (Lipinski definition) is 4. The number of nitrogens with one attached hydrogen (secondary N) is 2. The van der Waals surface area contributed by atoms with E-state index < -0.39 is 0 Å². The van der Waals surface area contributed by atoms with Crippen molar-refractivity contribution in [3.8, 4) is 5.75 Å². The molecular formula is C15H20Cl2N2O2S. The van der Waals surface area contributed by atoms with E-state index in [-0.39, 0.29) is 5.91 Å². The highest BCUT2D eigenvalue weighted by molar-refractivity contribution is 7.99. The van der Waals surface area contributed by atoms with E-state index in [0.717, 1.165) is 24.5 Å². The van der Waals surface area contributed by atoms with Gasteiger partial charge in [0.15, 0.2) is 0 Å². The average Bonchev–Trinajstić information content (AvgIpc) is 2.50. The number of carbonyl (C=O) groups excluding carboxylic acids is 1. The smallest absolute Gasteiger partial charge is 0.221 e. The van der Waals surface area contributed by atoms with E-state index in [1.807, 2.05) is 11.8 Å². The largest absolute Gasteiger partial charge is 0.492 e. The molecule has 1 aromatic carbocycles. The average molecular weight is 363 g/mol. The minimum absolute atomic E-state index is 0.0875. The molecule has 0 aromatic heterocycles. The number of amides is 1. The summed E-state index contributed by atoms with van der Waals surface area (Å²) in [6.07, 6.45) is 1.27. The normalized spacial score (nSPS) is 18.0. The molecule has 1 unspecified atom stereocenters. The molecule has 0 spiro atoms. The van der Waals surface area contributed by atoms with Crippen molar-refractivity contribution in [3.05, 3.63) is 28.2 Å². The molecule has 0 saturated carbocycles. The molecule has 1 heterocycles. The highest BCUT2D eigenvalue weighted by Crippen LogP contribution is 2.27. The lowest BCUT2D eigenvalue weighted by Gasteiger charge is -2.22. The minimum atomic E-state index is 0.0875. The Labute approximate surface area is 145 Å². The van der Waals surface area contributed by atoms with Gasteiger partial charge in [-0.2, -0.15) is 11.8 Å². The lowest BCUT2D eigenvalue weighted by molar-refractivity contribution is -0.121. The van der Waals surface area contributed by atoms with E-state index in [2.05, 4.69) is 10.6 Å². The van der Waals surface area contributed by atoms with Crippen molar-refractivity contribution in [1.82, 2.24) is 10.6 Å². The van der Waals surface area contributed by atoms with Gasteiger partial charge in [-0.25, -0.2) is 0 Å². The lowest BCUT2D eigenvalue weighted by atomic mass is 10.2. The second-order valence-electron chi connectivity index (χ2n) is 5.06. The summed E-state index contributed by atoms with van der Waals surface area (Å²) >= 11 is 13.7. The van der Waals surface area contributed by atoms with Crippen LogP contribution in [-0.2, 0) is 4.79 Å². The van der Waals surface area contributed by atoms with Crippen LogP contribution in [0.4, 0.5) is 0 Å². The summed E-state index contributed by atoms with van der Waals surface area (Å²) in [7, 11) is 0. The Kier molecular flexibility index (Phi) is 7.66. The Morgan fingerprint density at radius 1 is 1.45 bits per heavy atom. The Morgan fingerprint density at radius 2 is 2.32 bits per heavy atom. The fraction of sp³-hybridized carbons (Fsp3) is 0.533. The molecule has 0 aliphatic carbocycles. The third kappa shape index (κ3) is 6.24. The van der Waals surface area contributed by atoms with E-state index in [9.17, 15) is 4.79 Å². The predicted molar refractivity (Wildman–Crippen MR) is 93.3 cm³/mol. The zero-order valence-corrected chi connectivity index (χ0v) is 14.6.